The molecule has 2 atom stereocenters. The van der Waals surface area contributed by atoms with E-state index in [4.69, 9.17) is 16.3 Å². The third kappa shape index (κ3) is 7.31. The fourth-order valence-corrected chi connectivity index (χ4v) is 4.74. The summed E-state index contributed by atoms with van der Waals surface area (Å²) in [5, 5.41) is 15.3. The Kier molecular flexibility index (Phi) is 9.41. The molecule has 1 fully saturated rings. The molecule has 0 saturated carbocycles. The quantitative estimate of drug-likeness (QED) is 0.341. The predicted octanol–water partition coefficient (Wildman–Crippen LogP) is 4.09. The molecule has 1 aliphatic heterocycles. The van der Waals surface area contributed by atoms with Gasteiger partial charge in [-0.3, -0.25) is 19.3 Å². The standard InChI is InChI=1S/C29H30ClN5O6/c1-18-5-3-6-19(15-18)23(16-25(36)37)33-26(38)27-34(28(39)20-7-12-24(30)31-17-20)13-4-14-35(27)29(40)32-21-8-10-22(41-2)11-9-21/h3,5-12,15,17,23,27H,4,13-14,16H2,1-2H3,(H,32,40)(H,33,38)(H,36,37). The lowest BCUT2D eigenvalue weighted by molar-refractivity contribution is -0.138. The second kappa shape index (κ2) is 13.1. The Hall–Kier alpha value is -4.64. The summed E-state index contributed by atoms with van der Waals surface area (Å²) in [6.45, 7) is 2.22. The summed E-state index contributed by atoms with van der Waals surface area (Å²) in [5.41, 5.74) is 2.12. The maximum Gasteiger partial charge on any atom is 0.323 e. The first-order valence-corrected chi connectivity index (χ1v) is 13.3. The third-order valence-corrected chi connectivity index (χ3v) is 6.82. The topological polar surface area (TPSA) is 141 Å². The van der Waals surface area contributed by atoms with E-state index in [1.807, 2.05) is 13.0 Å². The van der Waals surface area contributed by atoms with Gasteiger partial charge < -0.3 is 25.4 Å². The molecule has 41 heavy (non-hydrogen) atoms. The molecular formula is C29H30ClN5O6. The highest BCUT2D eigenvalue weighted by Crippen LogP contribution is 2.24. The van der Waals surface area contributed by atoms with Gasteiger partial charge >= 0.3 is 12.0 Å². The number of pyridine rings is 1. The number of rotatable bonds is 8. The maximum absolute atomic E-state index is 13.9. The molecule has 0 bridgehead atoms. The Balaban J connectivity index is 1.67. The molecule has 0 spiro atoms. The summed E-state index contributed by atoms with van der Waals surface area (Å²) in [6, 6.07) is 15.2. The average Bonchev–Trinajstić information content (AvgIpc) is 2.96. The number of methoxy groups -OCH3 is 1. The number of carboxylic acid groups (broad SMARTS) is 1. The minimum Gasteiger partial charge on any atom is -0.497 e. The number of nitrogens with zero attached hydrogens (tertiary/aromatic N) is 3. The highest BCUT2D eigenvalue weighted by atomic mass is 35.5. The van der Waals surface area contributed by atoms with E-state index in [9.17, 15) is 24.3 Å². The van der Waals surface area contributed by atoms with Crippen LogP contribution in [0.25, 0.3) is 0 Å². The van der Waals surface area contributed by atoms with Crippen molar-refractivity contribution in [3.05, 3.63) is 88.7 Å². The van der Waals surface area contributed by atoms with Crippen LogP contribution in [0.15, 0.2) is 66.9 Å². The minimum absolute atomic E-state index is 0.177. The molecule has 2 heterocycles. The number of ether oxygens (including phenoxy) is 1. The van der Waals surface area contributed by atoms with Gasteiger partial charge in [-0.05, 0) is 55.3 Å². The number of halogens is 1. The fourth-order valence-electron chi connectivity index (χ4n) is 4.63. The summed E-state index contributed by atoms with van der Waals surface area (Å²) in [4.78, 5) is 59.3. The first-order valence-electron chi connectivity index (χ1n) is 12.9. The second-order valence-electron chi connectivity index (χ2n) is 9.52. The highest BCUT2D eigenvalue weighted by Gasteiger charge is 2.41. The average molecular weight is 580 g/mol. The summed E-state index contributed by atoms with van der Waals surface area (Å²) in [6.07, 6.45) is -0.0557. The van der Waals surface area contributed by atoms with Crippen LogP contribution in [0.5, 0.6) is 5.75 Å². The monoisotopic (exact) mass is 579 g/mol. The molecule has 0 aliphatic carbocycles. The van der Waals surface area contributed by atoms with Gasteiger partial charge in [0.15, 0.2) is 6.17 Å². The number of hydrogen-bond donors (Lipinski definition) is 3. The molecule has 1 saturated heterocycles. The van der Waals surface area contributed by atoms with Crippen LogP contribution in [0.1, 0.15) is 40.4 Å². The van der Waals surface area contributed by atoms with Gasteiger partial charge in [0, 0.05) is 25.0 Å². The number of amides is 4. The molecule has 4 rings (SSSR count). The number of aryl methyl sites for hydroxylation is 1. The lowest BCUT2D eigenvalue weighted by Crippen LogP contribution is -2.64. The fraction of sp³-hybridized carbons (Fsp3) is 0.276. The van der Waals surface area contributed by atoms with Crippen molar-refractivity contribution in [3.8, 4) is 5.75 Å². The SMILES string of the molecule is COc1ccc(NC(=O)N2CCCN(C(=O)c3ccc(Cl)nc3)C2C(=O)NC(CC(=O)O)c2cccc(C)c2)cc1. The van der Waals surface area contributed by atoms with Crippen LogP contribution < -0.4 is 15.4 Å². The lowest BCUT2D eigenvalue weighted by atomic mass is 10.0. The molecule has 4 amide bonds. The minimum atomic E-state index is -1.37. The number of aliphatic carboxylic acids is 1. The number of hydrogen-bond acceptors (Lipinski definition) is 6. The van der Waals surface area contributed by atoms with Crippen LogP contribution in [0, 0.1) is 6.92 Å². The molecule has 11 nitrogen and oxygen atoms in total. The zero-order chi connectivity index (χ0) is 29.5. The van der Waals surface area contributed by atoms with Crippen molar-refractivity contribution < 1.29 is 29.0 Å². The molecule has 1 aromatic heterocycles. The number of benzene rings is 2. The van der Waals surface area contributed by atoms with Crippen LogP contribution in [0.2, 0.25) is 5.15 Å². The molecule has 2 unspecified atom stereocenters. The van der Waals surface area contributed by atoms with Gasteiger partial charge in [0.05, 0.1) is 25.1 Å². The first kappa shape index (κ1) is 29.3. The first-order chi connectivity index (χ1) is 19.7. The Morgan fingerprint density at radius 2 is 1.80 bits per heavy atom. The zero-order valence-corrected chi connectivity index (χ0v) is 23.3. The van der Waals surface area contributed by atoms with Crippen LogP contribution in [0.3, 0.4) is 0 Å². The highest BCUT2D eigenvalue weighted by molar-refractivity contribution is 6.29. The summed E-state index contributed by atoms with van der Waals surface area (Å²) >= 11 is 5.89. The van der Waals surface area contributed by atoms with Crippen molar-refractivity contribution in [1.29, 1.82) is 0 Å². The van der Waals surface area contributed by atoms with Gasteiger partial charge in [0.2, 0.25) is 0 Å². The maximum atomic E-state index is 13.9. The number of carbonyl (C=O) groups is 4. The number of nitrogens with one attached hydrogen (secondary N) is 2. The van der Waals surface area contributed by atoms with E-state index >= 15 is 0 Å². The smallest absolute Gasteiger partial charge is 0.323 e. The van der Waals surface area contributed by atoms with E-state index in [0.29, 0.717) is 23.4 Å². The molecule has 3 aromatic rings. The van der Waals surface area contributed by atoms with Crippen molar-refractivity contribution in [2.45, 2.75) is 32.0 Å². The van der Waals surface area contributed by atoms with Gasteiger partial charge in [-0.2, -0.15) is 0 Å². The van der Waals surface area contributed by atoms with E-state index in [1.54, 1.807) is 42.5 Å². The van der Waals surface area contributed by atoms with E-state index < -0.39 is 42.4 Å². The molecule has 3 N–H and O–H groups in total. The van der Waals surface area contributed by atoms with E-state index in [1.165, 1.54) is 35.2 Å². The number of aromatic nitrogens is 1. The van der Waals surface area contributed by atoms with Crippen molar-refractivity contribution >= 4 is 41.1 Å². The number of carboxylic acids is 1. The van der Waals surface area contributed by atoms with Crippen molar-refractivity contribution in [1.82, 2.24) is 20.1 Å². The van der Waals surface area contributed by atoms with Gasteiger partial charge in [-0.15, -0.1) is 0 Å². The Morgan fingerprint density at radius 3 is 2.44 bits per heavy atom. The Labute approximate surface area is 242 Å². The van der Waals surface area contributed by atoms with Gasteiger partial charge in [-0.25, -0.2) is 9.78 Å². The lowest BCUT2D eigenvalue weighted by Gasteiger charge is -2.43. The summed E-state index contributed by atoms with van der Waals surface area (Å²) in [7, 11) is 1.53. The molecule has 1 aliphatic rings. The van der Waals surface area contributed by atoms with Crippen LogP contribution >= 0.6 is 11.6 Å². The number of anilines is 1. The Bertz CT molecular complexity index is 1420. The molecule has 0 radical (unpaired) electrons. The molecule has 214 valence electrons. The molecular weight excluding hydrogens is 550 g/mol. The molecule has 12 heteroatoms. The van der Waals surface area contributed by atoms with Gasteiger partial charge in [-0.1, -0.05) is 41.4 Å². The number of carbonyl (C=O) groups excluding carboxylic acids is 3. The van der Waals surface area contributed by atoms with E-state index in [2.05, 4.69) is 15.6 Å². The summed E-state index contributed by atoms with van der Waals surface area (Å²) in [5.74, 6) is -1.74. The van der Waals surface area contributed by atoms with Crippen molar-refractivity contribution in [2.75, 3.05) is 25.5 Å². The largest absolute Gasteiger partial charge is 0.497 e. The van der Waals surface area contributed by atoms with E-state index in [0.717, 1.165) is 5.56 Å². The number of urea groups is 1. The normalized spacial score (nSPS) is 15.5. The summed E-state index contributed by atoms with van der Waals surface area (Å²) < 4.78 is 5.16. The van der Waals surface area contributed by atoms with Crippen LogP contribution in [-0.4, -0.2) is 70.1 Å². The van der Waals surface area contributed by atoms with Gasteiger partial charge in [0.25, 0.3) is 11.8 Å². The van der Waals surface area contributed by atoms with Gasteiger partial charge in [0.1, 0.15) is 10.9 Å². The van der Waals surface area contributed by atoms with Crippen LogP contribution in [0.4, 0.5) is 10.5 Å². The van der Waals surface area contributed by atoms with Crippen molar-refractivity contribution in [2.24, 2.45) is 0 Å². The molecule has 2 aromatic carbocycles. The van der Waals surface area contributed by atoms with E-state index in [-0.39, 0.29) is 23.8 Å². The zero-order valence-electron chi connectivity index (χ0n) is 22.5. The Morgan fingerprint density at radius 1 is 1.07 bits per heavy atom. The third-order valence-electron chi connectivity index (χ3n) is 6.60. The predicted molar refractivity (Wildman–Crippen MR) is 152 cm³/mol. The van der Waals surface area contributed by atoms with Crippen LogP contribution in [-0.2, 0) is 9.59 Å². The van der Waals surface area contributed by atoms with Crippen molar-refractivity contribution in [3.63, 3.8) is 0 Å². The second-order valence-corrected chi connectivity index (χ2v) is 9.91.